The van der Waals surface area contributed by atoms with Gasteiger partial charge in [-0.15, -0.1) is 0 Å². The van der Waals surface area contributed by atoms with Gasteiger partial charge in [-0.3, -0.25) is 4.99 Å². The van der Waals surface area contributed by atoms with Gasteiger partial charge in [0.15, 0.2) is 0 Å². The highest BCUT2D eigenvalue weighted by Gasteiger charge is 1.94. The van der Waals surface area contributed by atoms with Crippen LogP contribution in [0.1, 0.15) is 43.4 Å². The first kappa shape index (κ1) is 14.5. The lowest BCUT2D eigenvalue weighted by Crippen LogP contribution is -1.84. The molecule has 0 saturated carbocycles. The van der Waals surface area contributed by atoms with Gasteiger partial charge in [0.1, 0.15) is 0 Å². The molecule has 2 rings (SSSR count). The van der Waals surface area contributed by atoms with Gasteiger partial charge in [-0.05, 0) is 48.1 Å². The van der Waals surface area contributed by atoms with Gasteiger partial charge in [-0.25, -0.2) is 0 Å². The van der Waals surface area contributed by atoms with E-state index in [1.807, 2.05) is 6.21 Å². The van der Waals surface area contributed by atoms with Crippen molar-refractivity contribution in [2.45, 2.75) is 39.5 Å². The molecule has 0 spiro atoms. The molecule has 20 heavy (non-hydrogen) atoms. The molecule has 0 fully saturated rings. The van der Waals surface area contributed by atoms with Gasteiger partial charge in [0.25, 0.3) is 0 Å². The van der Waals surface area contributed by atoms with E-state index in [4.69, 9.17) is 0 Å². The molecule has 0 radical (unpaired) electrons. The molecule has 1 heteroatoms. The molecular weight excluding hydrogens is 242 g/mol. The molecule has 0 aliphatic heterocycles. The maximum atomic E-state index is 4.53. The van der Waals surface area contributed by atoms with Crippen LogP contribution in [-0.2, 0) is 12.8 Å². The Labute approximate surface area is 122 Å². The predicted octanol–water partition coefficient (Wildman–Crippen LogP) is 5.34. The number of benzene rings is 2. The summed E-state index contributed by atoms with van der Waals surface area (Å²) in [6.07, 6.45) is 6.68. The van der Waals surface area contributed by atoms with E-state index in [1.54, 1.807) is 0 Å². The number of rotatable bonds is 6. The van der Waals surface area contributed by atoms with Crippen LogP contribution in [0.4, 0.5) is 5.69 Å². The zero-order valence-corrected chi connectivity index (χ0v) is 12.5. The van der Waals surface area contributed by atoms with Crippen molar-refractivity contribution < 1.29 is 0 Å². The first-order chi connectivity index (χ1) is 9.81. The van der Waals surface area contributed by atoms with Crippen molar-refractivity contribution in [1.29, 1.82) is 0 Å². The average molecular weight is 265 g/mol. The second kappa shape index (κ2) is 7.64. The van der Waals surface area contributed by atoms with Crippen LogP contribution in [0.2, 0.25) is 0 Å². The largest absolute Gasteiger partial charge is 0.256 e. The molecule has 0 atom stereocenters. The van der Waals surface area contributed by atoms with Crippen LogP contribution in [-0.4, -0.2) is 6.21 Å². The van der Waals surface area contributed by atoms with Crippen molar-refractivity contribution in [2.24, 2.45) is 4.99 Å². The van der Waals surface area contributed by atoms with Crippen molar-refractivity contribution in [3.05, 3.63) is 65.2 Å². The topological polar surface area (TPSA) is 12.4 Å². The first-order valence-corrected chi connectivity index (χ1v) is 7.53. The van der Waals surface area contributed by atoms with Crippen LogP contribution < -0.4 is 0 Å². The Morgan fingerprint density at radius 1 is 0.850 bits per heavy atom. The third-order valence-electron chi connectivity index (χ3n) is 3.51. The lowest BCUT2D eigenvalue weighted by Gasteiger charge is -2.00. The second-order valence-electron chi connectivity index (χ2n) is 5.12. The van der Waals surface area contributed by atoms with E-state index in [1.165, 1.54) is 30.4 Å². The summed E-state index contributed by atoms with van der Waals surface area (Å²) >= 11 is 0. The minimum atomic E-state index is 1.02. The van der Waals surface area contributed by atoms with Crippen LogP contribution in [0.15, 0.2) is 53.5 Å². The lowest BCUT2D eigenvalue weighted by molar-refractivity contribution is 0.795. The second-order valence-corrected chi connectivity index (χ2v) is 5.12. The van der Waals surface area contributed by atoms with Gasteiger partial charge < -0.3 is 0 Å². The van der Waals surface area contributed by atoms with E-state index in [0.717, 1.165) is 17.7 Å². The average Bonchev–Trinajstić information content (AvgIpc) is 2.52. The summed E-state index contributed by atoms with van der Waals surface area (Å²) in [6.45, 7) is 4.39. The van der Waals surface area contributed by atoms with Gasteiger partial charge in [-0.2, -0.15) is 0 Å². The highest BCUT2D eigenvalue weighted by Crippen LogP contribution is 2.15. The molecule has 1 nitrogen and oxygen atoms in total. The molecule has 0 N–H and O–H groups in total. The molecule has 0 bridgehead atoms. The smallest absolute Gasteiger partial charge is 0.0630 e. The molecule has 0 saturated heterocycles. The first-order valence-electron chi connectivity index (χ1n) is 7.53. The Balaban J connectivity index is 1.99. The highest BCUT2D eigenvalue weighted by atomic mass is 14.7. The van der Waals surface area contributed by atoms with E-state index in [0.29, 0.717) is 0 Å². The van der Waals surface area contributed by atoms with Gasteiger partial charge in [-0.1, -0.05) is 56.7 Å². The van der Waals surface area contributed by atoms with Crippen LogP contribution in [0.25, 0.3) is 0 Å². The summed E-state index contributed by atoms with van der Waals surface area (Å²) < 4.78 is 0. The number of aryl methyl sites for hydroxylation is 2. The zero-order chi connectivity index (χ0) is 14.2. The summed E-state index contributed by atoms with van der Waals surface area (Å²) in [5.74, 6) is 0. The summed E-state index contributed by atoms with van der Waals surface area (Å²) in [5, 5.41) is 0. The Morgan fingerprint density at radius 2 is 1.50 bits per heavy atom. The molecular formula is C19H23N. The highest BCUT2D eigenvalue weighted by molar-refractivity contribution is 5.81. The van der Waals surface area contributed by atoms with Crippen LogP contribution in [0.3, 0.4) is 0 Å². The molecule has 0 aliphatic carbocycles. The van der Waals surface area contributed by atoms with Crippen molar-refractivity contribution in [1.82, 2.24) is 0 Å². The fraction of sp³-hybridized carbons (Fsp3) is 0.316. The fourth-order valence-corrected chi connectivity index (χ4v) is 2.12. The van der Waals surface area contributed by atoms with E-state index in [9.17, 15) is 0 Å². The minimum absolute atomic E-state index is 1.02. The summed E-state index contributed by atoms with van der Waals surface area (Å²) in [7, 11) is 0. The minimum Gasteiger partial charge on any atom is -0.256 e. The molecule has 0 aliphatic rings. The molecule has 104 valence electrons. The van der Waals surface area contributed by atoms with Crippen LogP contribution >= 0.6 is 0 Å². The van der Waals surface area contributed by atoms with Crippen LogP contribution in [0, 0.1) is 0 Å². The molecule has 0 amide bonds. The van der Waals surface area contributed by atoms with E-state index in [-0.39, 0.29) is 0 Å². The van der Waals surface area contributed by atoms with Crippen molar-refractivity contribution in [3.8, 4) is 0 Å². The van der Waals surface area contributed by atoms with Crippen molar-refractivity contribution >= 4 is 11.9 Å². The van der Waals surface area contributed by atoms with E-state index >= 15 is 0 Å². The monoisotopic (exact) mass is 265 g/mol. The van der Waals surface area contributed by atoms with E-state index in [2.05, 4.69) is 67.4 Å². The predicted molar refractivity (Wildman–Crippen MR) is 88.1 cm³/mol. The van der Waals surface area contributed by atoms with Gasteiger partial charge in [0.2, 0.25) is 0 Å². The number of hydrogen-bond acceptors (Lipinski definition) is 1. The zero-order valence-electron chi connectivity index (χ0n) is 12.5. The number of hydrogen-bond donors (Lipinski definition) is 0. The molecule has 0 unspecified atom stereocenters. The Bertz CT molecular complexity index is 535. The van der Waals surface area contributed by atoms with Gasteiger partial charge >= 0.3 is 0 Å². The molecule has 2 aromatic rings. The van der Waals surface area contributed by atoms with Gasteiger partial charge in [0, 0.05) is 6.21 Å². The maximum absolute atomic E-state index is 4.53. The summed E-state index contributed by atoms with van der Waals surface area (Å²) in [6, 6.07) is 17.1. The van der Waals surface area contributed by atoms with Crippen LogP contribution in [0.5, 0.6) is 0 Å². The SMILES string of the molecule is CCCCc1ccc(N=Cc2ccc(CC)cc2)cc1. The Kier molecular flexibility index (Phi) is 5.55. The van der Waals surface area contributed by atoms with Crippen molar-refractivity contribution in [2.75, 3.05) is 0 Å². The maximum Gasteiger partial charge on any atom is 0.0630 e. The number of unbranched alkanes of at least 4 members (excludes halogenated alkanes) is 1. The number of aliphatic imine (C=N–C) groups is 1. The third-order valence-corrected chi connectivity index (χ3v) is 3.51. The summed E-state index contributed by atoms with van der Waals surface area (Å²) in [4.78, 5) is 4.53. The van der Waals surface area contributed by atoms with Gasteiger partial charge in [0.05, 0.1) is 5.69 Å². The Morgan fingerprint density at radius 3 is 2.10 bits per heavy atom. The molecule has 0 heterocycles. The normalized spacial score (nSPS) is 11.1. The fourth-order valence-electron chi connectivity index (χ4n) is 2.12. The van der Waals surface area contributed by atoms with E-state index < -0.39 is 0 Å². The molecule has 0 aromatic heterocycles. The quantitative estimate of drug-likeness (QED) is 0.625. The lowest BCUT2D eigenvalue weighted by atomic mass is 10.1. The standard InChI is InChI=1S/C19H23N/c1-3-5-6-17-11-13-19(14-12-17)20-15-18-9-7-16(4-2)8-10-18/h7-15H,3-6H2,1-2H3. The van der Waals surface area contributed by atoms with Crippen molar-refractivity contribution in [3.63, 3.8) is 0 Å². The summed E-state index contributed by atoms with van der Waals surface area (Å²) in [5.41, 5.74) is 4.93. The third kappa shape index (κ3) is 4.34. The Hall–Kier alpha value is -1.89. The molecule has 2 aromatic carbocycles. The number of nitrogens with zero attached hydrogens (tertiary/aromatic N) is 1.